The van der Waals surface area contributed by atoms with Crippen molar-refractivity contribution in [3.05, 3.63) is 53.6 Å². The molecular weight excluding hydrogens is 356 g/mol. The molecule has 0 saturated carbocycles. The van der Waals surface area contributed by atoms with Gasteiger partial charge in [-0.2, -0.15) is 0 Å². The van der Waals surface area contributed by atoms with E-state index in [1.54, 1.807) is 12.1 Å². The lowest BCUT2D eigenvalue weighted by Gasteiger charge is -2.13. The lowest BCUT2D eigenvalue weighted by atomic mass is 10.3. The van der Waals surface area contributed by atoms with Gasteiger partial charge in [-0.15, -0.1) is 11.8 Å². The normalized spacial score (nSPS) is 11.6. The first-order valence-corrected chi connectivity index (χ1v) is 9.37. The van der Waals surface area contributed by atoms with Gasteiger partial charge in [0.25, 0.3) is 0 Å². The predicted octanol–water partition coefficient (Wildman–Crippen LogP) is 5.20. The average Bonchev–Trinajstić information content (AvgIpc) is 2.57. The van der Waals surface area contributed by atoms with E-state index in [2.05, 4.69) is 10.6 Å². The van der Waals surface area contributed by atoms with E-state index in [0.717, 1.165) is 17.0 Å². The van der Waals surface area contributed by atoms with Crippen molar-refractivity contribution in [3.8, 4) is 0 Å². The second-order valence-electron chi connectivity index (χ2n) is 5.56. The van der Waals surface area contributed by atoms with E-state index < -0.39 is 0 Å². The third-order valence-corrected chi connectivity index (χ3v) is 4.83. The summed E-state index contributed by atoms with van der Waals surface area (Å²) in [5, 5.41) is 5.90. The van der Waals surface area contributed by atoms with Crippen LogP contribution in [0.4, 0.5) is 11.4 Å². The van der Waals surface area contributed by atoms with E-state index in [4.69, 9.17) is 11.6 Å². The number of hydrogen-bond donors (Lipinski definition) is 2. The minimum Gasteiger partial charge on any atom is -0.326 e. The largest absolute Gasteiger partial charge is 0.326 e. The molecule has 2 aromatic rings. The van der Waals surface area contributed by atoms with Crippen molar-refractivity contribution >= 4 is 46.6 Å². The second-order valence-corrected chi connectivity index (χ2v) is 7.38. The van der Waals surface area contributed by atoms with Crippen LogP contribution in [0, 0.1) is 0 Å². The molecule has 4 nitrogen and oxygen atoms in total. The van der Waals surface area contributed by atoms with Crippen molar-refractivity contribution in [2.45, 2.75) is 36.8 Å². The van der Waals surface area contributed by atoms with Gasteiger partial charge in [0.2, 0.25) is 11.8 Å². The quantitative estimate of drug-likeness (QED) is 0.653. The van der Waals surface area contributed by atoms with Crippen LogP contribution in [-0.4, -0.2) is 17.1 Å². The molecule has 0 aliphatic rings. The third-order valence-electron chi connectivity index (χ3n) is 3.41. The molecule has 0 fully saturated rings. The van der Waals surface area contributed by atoms with Crippen LogP contribution in [0.5, 0.6) is 0 Å². The predicted molar refractivity (Wildman–Crippen MR) is 105 cm³/mol. The third kappa shape index (κ3) is 6.11. The molecule has 2 aromatic carbocycles. The number of nitrogens with one attached hydrogen (secondary N) is 2. The van der Waals surface area contributed by atoms with E-state index in [1.165, 1.54) is 11.8 Å². The number of thioether (sulfide) groups is 1. The van der Waals surface area contributed by atoms with Gasteiger partial charge < -0.3 is 10.6 Å². The van der Waals surface area contributed by atoms with Crippen molar-refractivity contribution in [1.29, 1.82) is 0 Å². The number of para-hydroxylation sites is 1. The molecule has 1 unspecified atom stereocenters. The fraction of sp³-hybridized carbons (Fsp3) is 0.263. The minimum absolute atomic E-state index is 0.00541. The Morgan fingerprint density at radius 2 is 1.88 bits per heavy atom. The molecular formula is C19H21ClN2O2S. The van der Waals surface area contributed by atoms with Crippen LogP contribution in [0.25, 0.3) is 0 Å². The number of benzene rings is 2. The summed E-state index contributed by atoms with van der Waals surface area (Å²) in [5.41, 5.74) is 1.34. The molecule has 0 aliphatic carbocycles. The van der Waals surface area contributed by atoms with E-state index in [9.17, 15) is 9.59 Å². The number of hydrogen-bond acceptors (Lipinski definition) is 3. The van der Waals surface area contributed by atoms with Crippen molar-refractivity contribution in [2.75, 3.05) is 10.6 Å². The van der Waals surface area contributed by atoms with Crippen LogP contribution < -0.4 is 10.6 Å². The number of carbonyl (C=O) groups excluding carboxylic acids is 2. The maximum atomic E-state index is 12.4. The number of rotatable bonds is 7. The molecule has 2 rings (SSSR count). The van der Waals surface area contributed by atoms with E-state index in [1.807, 2.05) is 50.2 Å². The van der Waals surface area contributed by atoms with Gasteiger partial charge in [-0.3, -0.25) is 9.59 Å². The molecule has 0 aromatic heterocycles. The second kappa shape index (κ2) is 9.49. The summed E-state index contributed by atoms with van der Waals surface area (Å²) in [6.07, 6.45) is 1.30. The maximum Gasteiger partial charge on any atom is 0.237 e. The van der Waals surface area contributed by atoms with Crippen LogP contribution in [0.15, 0.2) is 53.4 Å². The summed E-state index contributed by atoms with van der Waals surface area (Å²) < 4.78 is 0. The van der Waals surface area contributed by atoms with Gasteiger partial charge in [0.15, 0.2) is 0 Å². The topological polar surface area (TPSA) is 58.2 Å². The molecule has 2 amide bonds. The highest BCUT2D eigenvalue weighted by molar-refractivity contribution is 8.00. The van der Waals surface area contributed by atoms with Crippen molar-refractivity contribution in [2.24, 2.45) is 0 Å². The Kier molecular flexibility index (Phi) is 7.34. The van der Waals surface area contributed by atoms with Gasteiger partial charge in [0.1, 0.15) is 0 Å². The van der Waals surface area contributed by atoms with Gasteiger partial charge in [0.05, 0.1) is 16.0 Å². The fourth-order valence-electron chi connectivity index (χ4n) is 2.15. The summed E-state index contributed by atoms with van der Waals surface area (Å²) in [6.45, 7) is 3.80. The van der Waals surface area contributed by atoms with Gasteiger partial charge in [-0.05, 0) is 43.7 Å². The van der Waals surface area contributed by atoms with E-state index in [0.29, 0.717) is 17.1 Å². The van der Waals surface area contributed by atoms with Crippen LogP contribution >= 0.6 is 23.4 Å². The first kappa shape index (κ1) is 19.3. The van der Waals surface area contributed by atoms with Crippen molar-refractivity contribution < 1.29 is 9.59 Å². The highest BCUT2D eigenvalue weighted by Crippen LogP contribution is 2.28. The van der Waals surface area contributed by atoms with Crippen LogP contribution in [0.2, 0.25) is 5.02 Å². The molecule has 132 valence electrons. The fourth-order valence-corrected chi connectivity index (χ4v) is 3.26. The number of anilines is 2. The summed E-state index contributed by atoms with van der Waals surface area (Å²) in [7, 11) is 0. The molecule has 0 aliphatic heterocycles. The smallest absolute Gasteiger partial charge is 0.237 e. The monoisotopic (exact) mass is 376 g/mol. The summed E-state index contributed by atoms with van der Waals surface area (Å²) >= 11 is 7.49. The van der Waals surface area contributed by atoms with Crippen molar-refractivity contribution in [1.82, 2.24) is 0 Å². The Labute approximate surface area is 157 Å². The molecule has 2 N–H and O–H groups in total. The van der Waals surface area contributed by atoms with Crippen LogP contribution in [-0.2, 0) is 9.59 Å². The standard InChI is InChI=1S/C19H21ClN2O2S/c1-3-7-18(23)21-14-8-6-9-15(12-14)25-13(2)19(24)22-17-11-5-4-10-16(17)20/h4-6,8-13H,3,7H2,1-2H3,(H,21,23)(H,22,24). The lowest BCUT2D eigenvalue weighted by Crippen LogP contribution is -2.22. The Hall–Kier alpha value is -1.98. The molecule has 0 saturated heterocycles. The lowest BCUT2D eigenvalue weighted by molar-refractivity contribution is -0.116. The summed E-state index contributed by atoms with van der Waals surface area (Å²) in [5.74, 6) is -0.132. The number of halogens is 1. The summed E-state index contributed by atoms with van der Waals surface area (Å²) in [4.78, 5) is 25.0. The van der Waals surface area contributed by atoms with Crippen LogP contribution in [0.1, 0.15) is 26.7 Å². The average molecular weight is 377 g/mol. The van der Waals surface area contributed by atoms with E-state index in [-0.39, 0.29) is 17.1 Å². The first-order valence-electron chi connectivity index (χ1n) is 8.11. The summed E-state index contributed by atoms with van der Waals surface area (Å²) in [6, 6.07) is 14.6. The zero-order valence-electron chi connectivity index (χ0n) is 14.2. The number of amides is 2. The van der Waals surface area contributed by atoms with Gasteiger partial charge >= 0.3 is 0 Å². The van der Waals surface area contributed by atoms with Gasteiger partial charge in [-0.1, -0.05) is 36.7 Å². The van der Waals surface area contributed by atoms with Crippen LogP contribution in [0.3, 0.4) is 0 Å². The molecule has 1 atom stereocenters. The molecule has 0 bridgehead atoms. The Bertz CT molecular complexity index is 752. The highest BCUT2D eigenvalue weighted by Gasteiger charge is 2.16. The molecule has 0 spiro atoms. The molecule has 0 heterocycles. The number of carbonyl (C=O) groups is 2. The molecule has 25 heavy (non-hydrogen) atoms. The molecule has 0 radical (unpaired) electrons. The Morgan fingerprint density at radius 3 is 2.60 bits per heavy atom. The zero-order valence-corrected chi connectivity index (χ0v) is 15.8. The molecule has 6 heteroatoms. The van der Waals surface area contributed by atoms with Gasteiger partial charge in [0, 0.05) is 17.0 Å². The van der Waals surface area contributed by atoms with Crippen molar-refractivity contribution in [3.63, 3.8) is 0 Å². The Balaban J connectivity index is 1.97. The minimum atomic E-state index is -0.308. The van der Waals surface area contributed by atoms with Gasteiger partial charge in [-0.25, -0.2) is 0 Å². The van der Waals surface area contributed by atoms with E-state index >= 15 is 0 Å². The highest BCUT2D eigenvalue weighted by atomic mass is 35.5. The zero-order chi connectivity index (χ0) is 18.2. The SMILES string of the molecule is CCCC(=O)Nc1cccc(SC(C)C(=O)Nc2ccccc2Cl)c1. The maximum absolute atomic E-state index is 12.4. The Morgan fingerprint density at radius 1 is 1.12 bits per heavy atom. The first-order chi connectivity index (χ1) is 12.0.